The minimum absolute atomic E-state index is 0.448. The summed E-state index contributed by atoms with van der Waals surface area (Å²) in [5.41, 5.74) is 3.97. The van der Waals surface area contributed by atoms with Gasteiger partial charge in [0.05, 0.1) is 0 Å². The maximum absolute atomic E-state index is 5.35. The van der Waals surface area contributed by atoms with Crippen molar-refractivity contribution in [2.24, 2.45) is 0 Å². The summed E-state index contributed by atoms with van der Waals surface area (Å²) >= 11 is 0. The second-order valence-electron chi connectivity index (χ2n) is 5.69. The molecule has 1 aromatic carbocycles. The van der Waals surface area contributed by atoms with Crippen LogP contribution < -0.4 is 5.32 Å². The Morgan fingerprint density at radius 1 is 1.23 bits per heavy atom. The quantitative estimate of drug-likeness (QED) is 0.776. The van der Waals surface area contributed by atoms with Crippen LogP contribution in [-0.4, -0.2) is 33.4 Å². The number of aromatic amines is 1. The van der Waals surface area contributed by atoms with E-state index in [1.165, 1.54) is 5.56 Å². The normalized spacial score (nSPS) is 18.0. The third kappa shape index (κ3) is 2.42. The zero-order valence-corrected chi connectivity index (χ0v) is 12.3. The first kappa shape index (κ1) is 13.2. The molecule has 1 unspecified atom stereocenters. The summed E-state index contributed by atoms with van der Waals surface area (Å²) in [6.45, 7) is 4.09. The molecule has 2 N–H and O–H groups in total. The monoisotopic (exact) mass is 295 g/mol. The van der Waals surface area contributed by atoms with Crippen LogP contribution in [0.5, 0.6) is 0 Å². The van der Waals surface area contributed by atoms with Gasteiger partial charge in [0.25, 0.3) is 5.89 Å². The first-order valence-corrected chi connectivity index (χ1v) is 7.47. The van der Waals surface area contributed by atoms with Crippen molar-refractivity contribution < 1.29 is 4.52 Å². The number of aromatic nitrogens is 4. The lowest BCUT2D eigenvalue weighted by atomic mass is 10.1. The average Bonchev–Trinajstić information content (AvgIpc) is 3.27. The maximum atomic E-state index is 5.35. The van der Waals surface area contributed by atoms with Gasteiger partial charge in [-0.15, -0.1) is 0 Å². The highest BCUT2D eigenvalue weighted by molar-refractivity contribution is 5.58. The summed E-state index contributed by atoms with van der Waals surface area (Å²) < 4.78 is 5.35. The third-order valence-electron chi connectivity index (χ3n) is 4.05. The van der Waals surface area contributed by atoms with Crippen molar-refractivity contribution in [2.45, 2.75) is 19.3 Å². The summed E-state index contributed by atoms with van der Waals surface area (Å²) in [5, 5.41) is 14.8. The number of hydrogen-bond acceptors (Lipinski definition) is 5. The fourth-order valence-corrected chi connectivity index (χ4v) is 2.72. The topological polar surface area (TPSA) is 79.6 Å². The van der Waals surface area contributed by atoms with E-state index < -0.39 is 0 Å². The Morgan fingerprint density at radius 2 is 2.09 bits per heavy atom. The Hall–Kier alpha value is -2.47. The molecule has 4 rings (SSSR count). The van der Waals surface area contributed by atoms with Crippen molar-refractivity contribution in [3.05, 3.63) is 41.6 Å². The number of benzene rings is 1. The highest BCUT2D eigenvalue weighted by Gasteiger charge is 2.21. The van der Waals surface area contributed by atoms with Gasteiger partial charge in [-0.05, 0) is 26.0 Å². The lowest BCUT2D eigenvalue weighted by Gasteiger charge is -2.02. The fraction of sp³-hybridized carbons (Fsp3) is 0.312. The molecule has 1 aliphatic heterocycles. The van der Waals surface area contributed by atoms with E-state index in [1.807, 2.05) is 30.3 Å². The first-order valence-electron chi connectivity index (χ1n) is 7.47. The van der Waals surface area contributed by atoms with Gasteiger partial charge in [0.1, 0.15) is 0 Å². The molecule has 1 atom stereocenters. The number of nitrogens with one attached hydrogen (secondary N) is 2. The molecule has 1 saturated heterocycles. The minimum Gasteiger partial charge on any atom is -0.332 e. The summed E-state index contributed by atoms with van der Waals surface area (Å²) in [5.74, 6) is 1.52. The Labute approximate surface area is 127 Å². The molecule has 112 valence electrons. The van der Waals surface area contributed by atoms with E-state index in [0.717, 1.165) is 30.8 Å². The van der Waals surface area contributed by atoms with Gasteiger partial charge in [-0.25, -0.2) is 0 Å². The molecular weight excluding hydrogens is 278 g/mol. The Bertz CT molecular complexity index is 768. The molecule has 3 heterocycles. The number of rotatable bonds is 3. The van der Waals surface area contributed by atoms with Crippen LogP contribution in [0.25, 0.3) is 23.0 Å². The highest BCUT2D eigenvalue weighted by atomic mass is 16.5. The molecule has 22 heavy (non-hydrogen) atoms. The van der Waals surface area contributed by atoms with Gasteiger partial charge in [-0.1, -0.05) is 35.0 Å². The zero-order valence-electron chi connectivity index (χ0n) is 12.3. The summed E-state index contributed by atoms with van der Waals surface area (Å²) in [6, 6.07) is 10.1. The summed E-state index contributed by atoms with van der Waals surface area (Å²) in [6.07, 6.45) is 1.13. The molecule has 6 heteroatoms. The van der Waals surface area contributed by atoms with Crippen LogP contribution in [0.1, 0.15) is 23.6 Å². The third-order valence-corrected chi connectivity index (χ3v) is 4.05. The van der Waals surface area contributed by atoms with Crippen LogP contribution in [0, 0.1) is 6.92 Å². The SMILES string of the molecule is Cc1ccc(-c2noc(-c3cc(C4CCNC4)[nH]n3)n2)cc1. The van der Waals surface area contributed by atoms with Crippen LogP contribution in [-0.2, 0) is 0 Å². The first-order chi connectivity index (χ1) is 10.8. The molecular formula is C16H17N5O. The van der Waals surface area contributed by atoms with E-state index >= 15 is 0 Å². The minimum atomic E-state index is 0.448. The molecule has 1 aliphatic rings. The highest BCUT2D eigenvalue weighted by Crippen LogP contribution is 2.26. The van der Waals surface area contributed by atoms with Crippen LogP contribution in [0.15, 0.2) is 34.9 Å². The molecule has 3 aromatic rings. The van der Waals surface area contributed by atoms with E-state index in [2.05, 4.69) is 32.6 Å². The average molecular weight is 295 g/mol. The zero-order chi connectivity index (χ0) is 14.9. The van der Waals surface area contributed by atoms with E-state index in [4.69, 9.17) is 4.52 Å². The standard InChI is InChI=1S/C16H17N5O/c1-10-2-4-11(5-3-10)15-18-16(22-21-15)14-8-13(19-20-14)12-6-7-17-9-12/h2-5,8,12,17H,6-7,9H2,1H3,(H,19,20). The lowest BCUT2D eigenvalue weighted by Crippen LogP contribution is -2.08. The van der Waals surface area contributed by atoms with Gasteiger partial charge in [-0.2, -0.15) is 10.1 Å². The number of aryl methyl sites for hydroxylation is 1. The van der Waals surface area contributed by atoms with Crippen molar-refractivity contribution in [1.82, 2.24) is 25.7 Å². The molecule has 6 nitrogen and oxygen atoms in total. The predicted molar refractivity (Wildman–Crippen MR) is 82.3 cm³/mol. The smallest absolute Gasteiger partial charge is 0.278 e. The van der Waals surface area contributed by atoms with Gasteiger partial charge in [-0.3, -0.25) is 5.10 Å². The molecule has 0 aliphatic carbocycles. The maximum Gasteiger partial charge on any atom is 0.278 e. The van der Waals surface area contributed by atoms with Crippen molar-refractivity contribution >= 4 is 0 Å². The molecule has 0 spiro atoms. The Kier molecular flexibility index (Phi) is 3.23. The van der Waals surface area contributed by atoms with Crippen LogP contribution >= 0.6 is 0 Å². The van der Waals surface area contributed by atoms with E-state index in [9.17, 15) is 0 Å². The van der Waals surface area contributed by atoms with Crippen molar-refractivity contribution in [1.29, 1.82) is 0 Å². The van der Waals surface area contributed by atoms with E-state index in [-0.39, 0.29) is 0 Å². The van der Waals surface area contributed by atoms with E-state index in [0.29, 0.717) is 23.3 Å². The van der Waals surface area contributed by atoms with Gasteiger partial charge >= 0.3 is 0 Å². The molecule has 0 amide bonds. The lowest BCUT2D eigenvalue weighted by molar-refractivity contribution is 0.431. The second kappa shape index (κ2) is 5.38. The fourth-order valence-electron chi connectivity index (χ4n) is 2.72. The molecule has 0 radical (unpaired) electrons. The van der Waals surface area contributed by atoms with Gasteiger partial charge in [0.15, 0.2) is 5.69 Å². The summed E-state index contributed by atoms with van der Waals surface area (Å²) in [7, 11) is 0. The van der Waals surface area contributed by atoms with Gasteiger partial charge in [0, 0.05) is 23.7 Å². The Morgan fingerprint density at radius 3 is 2.86 bits per heavy atom. The number of H-pyrrole nitrogens is 1. The molecule has 0 saturated carbocycles. The largest absolute Gasteiger partial charge is 0.332 e. The number of nitrogens with zero attached hydrogens (tertiary/aromatic N) is 3. The van der Waals surface area contributed by atoms with Crippen molar-refractivity contribution in [2.75, 3.05) is 13.1 Å². The molecule has 2 aromatic heterocycles. The molecule has 1 fully saturated rings. The predicted octanol–water partition coefficient (Wildman–Crippen LogP) is 2.51. The van der Waals surface area contributed by atoms with Crippen LogP contribution in [0.3, 0.4) is 0 Å². The number of hydrogen-bond donors (Lipinski definition) is 2. The van der Waals surface area contributed by atoms with Gasteiger partial charge < -0.3 is 9.84 Å². The van der Waals surface area contributed by atoms with Crippen molar-refractivity contribution in [3.63, 3.8) is 0 Å². The molecule has 0 bridgehead atoms. The van der Waals surface area contributed by atoms with Crippen molar-refractivity contribution in [3.8, 4) is 23.0 Å². The second-order valence-corrected chi connectivity index (χ2v) is 5.69. The Balaban J connectivity index is 1.59. The summed E-state index contributed by atoms with van der Waals surface area (Å²) in [4.78, 5) is 4.44. The van der Waals surface area contributed by atoms with Crippen LogP contribution in [0.4, 0.5) is 0 Å². The van der Waals surface area contributed by atoms with Crippen LogP contribution in [0.2, 0.25) is 0 Å². The van der Waals surface area contributed by atoms with Gasteiger partial charge in [0.2, 0.25) is 5.82 Å². The van der Waals surface area contributed by atoms with E-state index in [1.54, 1.807) is 0 Å².